The summed E-state index contributed by atoms with van der Waals surface area (Å²) < 4.78 is 0. The molecule has 3 N–H and O–H groups in total. The van der Waals surface area contributed by atoms with Gasteiger partial charge in [0.25, 0.3) is 0 Å². The Hall–Kier alpha value is -2.18. The van der Waals surface area contributed by atoms with Gasteiger partial charge in [0.05, 0.1) is 6.42 Å². The molecule has 0 aliphatic rings. The fourth-order valence-electron chi connectivity index (χ4n) is 1.91. The van der Waals surface area contributed by atoms with E-state index in [0.29, 0.717) is 23.4 Å². The minimum absolute atomic E-state index is 0.0136. The monoisotopic (exact) mass is 281 g/mol. The molecule has 7 nitrogen and oxygen atoms in total. The number of aryl methyl sites for hydroxylation is 2. The second-order valence-electron chi connectivity index (χ2n) is 4.81. The Balaban J connectivity index is 2.63. The van der Waals surface area contributed by atoms with Crippen molar-refractivity contribution in [3.63, 3.8) is 0 Å². The number of carbonyl (C=O) groups is 2. The van der Waals surface area contributed by atoms with Crippen LogP contribution in [-0.4, -0.2) is 33.0 Å². The van der Waals surface area contributed by atoms with E-state index in [1.165, 1.54) is 0 Å². The number of carbonyl (C=O) groups excluding carboxylic acids is 1. The van der Waals surface area contributed by atoms with E-state index < -0.39 is 11.7 Å². The van der Waals surface area contributed by atoms with Gasteiger partial charge in [0.15, 0.2) is 0 Å². The Morgan fingerprint density at radius 2 is 2.05 bits per heavy atom. The lowest BCUT2D eigenvalue weighted by molar-refractivity contribution is -0.137. The second kappa shape index (κ2) is 6.83. The van der Waals surface area contributed by atoms with Crippen molar-refractivity contribution < 1.29 is 14.7 Å². The predicted octanol–water partition coefficient (Wildman–Crippen LogP) is 0.299. The van der Waals surface area contributed by atoms with Crippen LogP contribution < -0.4 is 11.0 Å². The van der Waals surface area contributed by atoms with Crippen molar-refractivity contribution in [1.82, 2.24) is 15.3 Å². The number of aliphatic carboxylic acids is 1. The number of aromatic amines is 1. The first-order valence-electron chi connectivity index (χ1n) is 6.37. The summed E-state index contributed by atoms with van der Waals surface area (Å²) in [6, 6.07) is -0.213. The fourth-order valence-corrected chi connectivity index (χ4v) is 1.91. The van der Waals surface area contributed by atoms with Gasteiger partial charge in [-0.15, -0.1) is 0 Å². The summed E-state index contributed by atoms with van der Waals surface area (Å²) in [4.78, 5) is 39.8. The highest BCUT2D eigenvalue weighted by Gasteiger charge is 2.13. The van der Waals surface area contributed by atoms with E-state index in [1.54, 1.807) is 20.8 Å². The van der Waals surface area contributed by atoms with E-state index in [4.69, 9.17) is 5.11 Å². The Morgan fingerprint density at radius 3 is 2.60 bits per heavy atom. The molecule has 0 fully saturated rings. The van der Waals surface area contributed by atoms with Crippen LogP contribution >= 0.6 is 0 Å². The molecule has 0 aromatic carbocycles. The molecule has 1 atom stereocenters. The lowest BCUT2D eigenvalue weighted by Gasteiger charge is -2.14. The van der Waals surface area contributed by atoms with E-state index >= 15 is 0 Å². The first kappa shape index (κ1) is 15.9. The first-order chi connectivity index (χ1) is 9.29. The topological polar surface area (TPSA) is 112 Å². The molecule has 110 valence electrons. The molecule has 1 aromatic heterocycles. The van der Waals surface area contributed by atoms with Gasteiger partial charge in [0.2, 0.25) is 5.91 Å². The van der Waals surface area contributed by atoms with Crippen LogP contribution in [-0.2, 0) is 16.0 Å². The third kappa shape index (κ3) is 4.83. The number of nitrogens with one attached hydrogen (secondary N) is 2. The lowest BCUT2D eigenvalue weighted by Crippen LogP contribution is -2.34. The van der Waals surface area contributed by atoms with Crippen molar-refractivity contribution in [2.45, 2.75) is 46.1 Å². The van der Waals surface area contributed by atoms with Crippen LogP contribution in [0.5, 0.6) is 0 Å². The van der Waals surface area contributed by atoms with Crippen molar-refractivity contribution in [2.75, 3.05) is 0 Å². The number of rotatable bonds is 6. The quantitative estimate of drug-likeness (QED) is 0.694. The summed E-state index contributed by atoms with van der Waals surface area (Å²) in [6.45, 7) is 5.15. The van der Waals surface area contributed by atoms with Crippen LogP contribution in [0, 0.1) is 13.8 Å². The highest BCUT2D eigenvalue weighted by molar-refractivity contribution is 5.79. The van der Waals surface area contributed by atoms with Gasteiger partial charge < -0.3 is 15.4 Å². The molecule has 1 heterocycles. The molecule has 0 aliphatic carbocycles. The molecule has 0 saturated carbocycles. The smallest absolute Gasteiger partial charge is 0.345 e. The van der Waals surface area contributed by atoms with Crippen LogP contribution in [0.1, 0.15) is 36.7 Å². The number of carboxylic acids is 1. The highest BCUT2D eigenvalue weighted by Crippen LogP contribution is 2.08. The average Bonchev–Trinajstić information content (AvgIpc) is 2.31. The number of H-pyrrole nitrogens is 1. The summed E-state index contributed by atoms with van der Waals surface area (Å²) in [5.74, 6) is -1.11. The number of hydrogen-bond donors (Lipinski definition) is 3. The fraction of sp³-hybridized carbons (Fsp3) is 0.538. The van der Waals surface area contributed by atoms with Gasteiger partial charge in [-0.3, -0.25) is 9.59 Å². The van der Waals surface area contributed by atoms with E-state index in [9.17, 15) is 14.4 Å². The number of carboxylic acid groups (broad SMARTS) is 1. The van der Waals surface area contributed by atoms with Crippen molar-refractivity contribution in [3.8, 4) is 0 Å². The zero-order valence-electron chi connectivity index (χ0n) is 11.8. The van der Waals surface area contributed by atoms with Gasteiger partial charge in [0.1, 0.15) is 0 Å². The van der Waals surface area contributed by atoms with Crippen LogP contribution in [0.4, 0.5) is 0 Å². The zero-order valence-corrected chi connectivity index (χ0v) is 11.8. The molecule has 0 bridgehead atoms. The Bertz CT molecular complexity index is 539. The minimum atomic E-state index is -0.886. The summed E-state index contributed by atoms with van der Waals surface area (Å²) in [7, 11) is 0. The number of nitrogens with zero attached hydrogens (tertiary/aromatic N) is 1. The Kier molecular flexibility index (Phi) is 5.42. The molecule has 7 heteroatoms. The summed E-state index contributed by atoms with van der Waals surface area (Å²) in [5.41, 5.74) is 1.40. The van der Waals surface area contributed by atoms with Gasteiger partial charge >= 0.3 is 11.7 Å². The number of aromatic nitrogens is 2. The standard InChI is InChI=1S/C13H19N3O4/c1-7(4-5-12(18)19)14-11(17)6-10-8(2)15-13(20)16-9(10)3/h7H,4-6H2,1-3H3,(H,14,17)(H,18,19)(H,15,16,20). The molecular formula is C13H19N3O4. The molecule has 20 heavy (non-hydrogen) atoms. The molecule has 1 rings (SSSR count). The van der Waals surface area contributed by atoms with Crippen LogP contribution in [0.25, 0.3) is 0 Å². The van der Waals surface area contributed by atoms with Crippen molar-refractivity contribution >= 4 is 11.9 Å². The first-order valence-corrected chi connectivity index (χ1v) is 6.37. The normalized spacial score (nSPS) is 11.9. The Labute approximate surface area is 116 Å². The summed E-state index contributed by atoms with van der Waals surface area (Å²) >= 11 is 0. The minimum Gasteiger partial charge on any atom is -0.481 e. The maximum absolute atomic E-state index is 11.9. The van der Waals surface area contributed by atoms with Gasteiger partial charge in [-0.2, -0.15) is 4.98 Å². The second-order valence-corrected chi connectivity index (χ2v) is 4.81. The largest absolute Gasteiger partial charge is 0.481 e. The van der Waals surface area contributed by atoms with Crippen LogP contribution in [0.3, 0.4) is 0 Å². The van der Waals surface area contributed by atoms with Crippen molar-refractivity contribution in [2.24, 2.45) is 0 Å². The third-order valence-corrected chi connectivity index (χ3v) is 2.99. The molecule has 1 aromatic rings. The maximum Gasteiger partial charge on any atom is 0.345 e. The predicted molar refractivity (Wildman–Crippen MR) is 72.5 cm³/mol. The number of hydrogen-bond acceptors (Lipinski definition) is 4. The average molecular weight is 281 g/mol. The van der Waals surface area contributed by atoms with E-state index in [1.807, 2.05) is 0 Å². The lowest BCUT2D eigenvalue weighted by atomic mass is 10.1. The van der Waals surface area contributed by atoms with Gasteiger partial charge in [-0.25, -0.2) is 4.79 Å². The SMILES string of the molecule is Cc1nc(=O)[nH]c(C)c1CC(=O)NC(C)CCC(=O)O. The van der Waals surface area contributed by atoms with E-state index in [2.05, 4.69) is 15.3 Å². The summed E-state index contributed by atoms with van der Waals surface area (Å²) in [6.07, 6.45) is 0.501. The Morgan fingerprint density at radius 1 is 1.40 bits per heavy atom. The van der Waals surface area contributed by atoms with Crippen LogP contribution in [0.2, 0.25) is 0 Å². The molecule has 1 unspecified atom stereocenters. The van der Waals surface area contributed by atoms with E-state index in [0.717, 1.165) is 0 Å². The maximum atomic E-state index is 11.9. The number of amides is 1. The molecule has 0 saturated heterocycles. The zero-order chi connectivity index (χ0) is 15.3. The molecular weight excluding hydrogens is 262 g/mol. The molecule has 0 spiro atoms. The van der Waals surface area contributed by atoms with Gasteiger partial charge in [-0.1, -0.05) is 0 Å². The summed E-state index contributed by atoms with van der Waals surface area (Å²) in [5, 5.41) is 11.3. The van der Waals surface area contributed by atoms with Gasteiger partial charge in [0, 0.05) is 29.4 Å². The van der Waals surface area contributed by atoms with E-state index in [-0.39, 0.29) is 24.8 Å². The van der Waals surface area contributed by atoms with Gasteiger partial charge in [-0.05, 0) is 27.2 Å². The molecule has 0 radical (unpaired) electrons. The third-order valence-electron chi connectivity index (χ3n) is 2.99. The highest BCUT2D eigenvalue weighted by atomic mass is 16.4. The van der Waals surface area contributed by atoms with Crippen LogP contribution in [0.15, 0.2) is 4.79 Å². The van der Waals surface area contributed by atoms with Crippen molar-refractivity contribution in [1.29, 1.82) is 0 Å². The van der Waals surface area contributed by atoms with Crippen molar-refractivity contribution in [3.05, 3.63) is 27.4 Å². The molecule has 0 aliphatic heterocycles. The molecule has 1 amide bonds.